The van der Waals surface area contributed by atoms with Gasteiger partial charge < -0.3 is 5.32 Å². The van der Waals surface area contributed by atoms with Crippen molar-refractivity contribution in [3.8, 4) is 0 Å². The summed E-state index contributed by atoms with van der Waals surface area (Å²) in [5, 5.41) is 3.56. The van der Waals surface area contributed by atoms with E-state index in [1.165, 1.54) is 29.5 Å². The maximum Gasteiger partial charge on any atom is 0.0139 e. The summed E-state index contributed by atoms with van der Waals surface area (Å²) in [4.78, 5) is 0. The van der Waals surface area contributed by atoms with Crippen molar-refractivity contribution in [2.24, 2.45) is 5.92 Å². The van der Waals surface area contributed by atoms with Gasteiger partial charge in [0.15, 0.2) is 0 Å². The van der Waals surface area contributed by atoms with E-state index in [4.69, 9.17) is 0 Å². The normalized spacial score (nSPS) is 16.0. The van der Waals surface area contributed by atoms with Crippen molar-refractivity contribution in [2.45, 2.75) is 39.2 Å². The quantitative estimate of drug-likeness (QED) is 0.896. The van der Waals surface area contributed by atoms with E-state index >= 15 is 0 Å². The van der Waals surface area contributed by atoms with Crippen LogP contribution in [0.4, 0.5) is 0 Å². The summed E-state index contributed by atoms with van der Waals surface area (Å²) in [7, 11) is 2.11. The Labute approximate surface area is 128 Å². The van der Waals surface area contributed by atoms with Crippen LogP contribution < -0.4 is 5.32 Å². The van der Waals surface area contributed by atoms with Gasteiger partial charge in [0.2, 0.25) is 0 Å². The lowest BCUT2D eigenvalue weighted by molar-refractivity contribution is 0.383. The highest BCUT2D eigenvalue weighted by Gasteiger charge is 2.27. The van der Waals surface area contributed by atoms with Crippen LogP contribution >= 0.6 is 0 Å². The fourth-order valence-electron chi connectivity index (χ4n) is 3.57. The van der Waals surface area contributed by atoms with E-state index in [-0.39, 0.29) is 0 Å². The van der Waals surface area contributed by atoms with Gasteiger partial charge in [-0.3, -0.25) is 0 Å². The number of hydrogen-bond acceptors (Lipinski definition) is 1. The molecule has 3 rings (SSSR count). The third kappa shape index (κ3) is 3.03. The van der Waals surface area contributed by atoms with Crippen LogP contribution in [-0.4, -0.2) is 13.1 Å². The first-order valence-corrected chi connectivity index (χ1v) is 7.97. The van der Waals surface area contributed by atoms with Crippen molar-refractivity contribution >= 4 is 0 Å². The minimum absolute atomic E-state index is 0.555. The summed E-state index contributed by atoms with van der Waals surface area (Å²) in [6.07, 6.45) is 3.55. The predicted octanol–water partition coefficient (Wildman–Crippen LogP) is 3.85. The Hall–Kier alpha value is -1.60. The third-order valence-electron chi connectivity index (χ3n) is 5.05. The van der Waals surface area contributed by atoms with Crippen LogP contribution in [0.1, 0.15) is 27.8 Å². The van der Waals surface area contributed by atoms with Crippen LogP contribution in [-0.2, 0) is 19.3 Å². The van der Waals surface area contributed by atoms with Gasteiger partial charge in [-0.2, -0.15) is 0 Å². The molecule has 1 aliphatic rings. The maximum atomic E-state index is 3.56. The van der Waals surface area contributed by atoms with Crippen LogP contribution in [0.5, 0.6) is 0 Å². The standard InChI is InChI=1S/C20H25N/c1-14-8-9-16(10-15(14)2)11-20(21-3)19-12-17-6-4-5-7-18(17)13-19/h4-10,19-21H,11-13H2,1-3H3. The summed E-state index contributed by atoms with van der Waals surface area (Å²) in [6.45, 7) is 4.39. The smallest absolute Gasteiger partial charge is 0.0139 e. The summed E-state index contributed by atoms with van der Waals surface area (Å²) in [5.74, 6) is 0.717. The largest absolute Gasteiger partial charge is 0.316 e. The third-order valence-corrected chi connectivity index (χ3v) is 5.05. The van der Waals surface area contributed by atoms with Crippen molar-refractivity contribution in [2.75, 3.05) is 7.05 Å². The molecule has 0 heterocycles. The van der Waals surface area contributed by atoms with Crippen LogP contribution in [0.2, 0.25) is 0 Å². The highest BCUT2D eigenvalue weighted by atomic mass is 14.9. The van der Waals surface area contributed by atoms with Crippen molar-refractivity contribution in [1.29, 1.82) is 0 Å². The van der Waals surface area contributed by atoms with E-state index in [1.807, 2.05) is 0 Å². The monoisotopic (exact) mass is 279 g/mol. The van der Waals surface area contributed by atoms with E-state index in [0.29, 0.717) is 12.0 Å². The van der Waals surface area contributed by atoms with Gasteiger partial charge in [-0.25, -0.2) is 0 Å². The maximum absolute atomic E-state index is 3.56. The van der Waals surface area contributed by atoms with Gasteiger partial charge in [0.25, 0.3) is 0 Å². The van der Waals surface area contributed by atoms with Crippen LogP contribution in [0, 0.1) is 19.8 Å². The Balaban J connectivity index is 1.73. The molecule has 1 unspecified atom stereocenters. The van der Waals surface area contributed by atoms with E-state index in [9.17, 15) is 0 Å². The number of likely N-dealkylation sites (N-methyl/N-ethyl adjacent to an activating group) is 1. The van der Waals surface area contributed by atoms with Crippen molar-refractivity contribution in [1.82, 2.24) is 5.32 Å². The van der Waals surface area contributed by atoms with Gasteiger partial charge in [-0.15, -0.1) is 0 Å². The van der Waals surface area contributed by atoms with Crippen molar-refractivity contribution in [3.63, 3.8) is 0 Å². The predicted molar refractivity (Wildman–Crippen MR) is 89.8 cm³/mol. The number of fused-ring (bicyclic) bond motifs is 1. The summed E-state index contributed by atoms with van der Waals surface area (Å²) < 4.78 is 0. The first kappa shape index (κ1) is 14.3. The molecule has 110 valence electrons. The Morgan fingerprint density at radius 3 is 2.24 bits per heavy atom. The molecule has 2 aromatic rings. The average Bonchev–Trinajstić information content (AvgIpc) is 2.92. The Morgan fingerprint density at radius 1 is 1.00 bits per heavy atom. The molecule has 2 aromatic carbocycles. The van der Waals surface area contributed by atoms with Gasteiger partial charge in [0, 0.05) is 6.04 Å². The fraction of sp³-hybridized carbons (Fsp3) is 0.400. The zero-order chi connectivity index (χ0) is 14.8. The molecule has 0 fully saturated rings. The molecule has 0 amide bonds. The molecule has 0 radical (unpaired) electrons. The molecule has 1 heteroatoms. The lowest BCUT2D eigenvalue weighted by Crippen LogP contribution is -2.36. The van der Waals surface area contributed by atoms with Crippen molar-refractivity contribution < 1.29 is 0 Å². The van der Waals surface area contributed by atoms with E-state index in [2.05, 4.69) is 68.7 Å². The first-order chi connectivity index (χ1) is 10.2. The molecular weight excluding hydrogens is 254 g/mol. The number of benzene rings is 2. The van der Waals surface area contributed by atoms with Gasteiger partial charge in [-0.05, 0) is 73.9 Å². The van der Waals surface area contributed by atoms with Gasteiger partial charge in [-0.1, -0.05) is 42.5 Å². The van der Waals surface area contributed by atoms with Gasteiger partial charge in [0.1, 0.15) is 0 Å². The second-order valence-corrected chi connectivity index (χ2v) is 6.45. The molecule has 0 saturated heterocycles. The Morgan fingerprint density at radius 2 is 1.67 bits per heavy atom. The molecule has 0 saturated carbocycles. The molecule has 1 N–H and O–H groups in total. The highest BCUT2D eigenvalue weighted by molar-refractivity contribution is 5.34. The molecule has 0 aromatic heterocycles. The van der Waals surface area contributed by atoms with Crippen LogP contribution in [0.25, 0.3) is 0 Å². The van der Waals surface area contributed by atoms with Crippen LogP contribution in [0.3, 0.4) is 0 Å². The molecule has 1 aliphatic carbocycles. The van der Waals surface area contributed by atoms with Gasteiger partial charge in [0.05, 0.1) is 0 Å². The summed E-state index contributed by atoms with van der Waals surface area (Å²) in [6, 6.07) is 16.4. The summed E-state index contributed by atoms with van der Waals surface area (Å²) >= 11 is 0. The molecular formula is C20H25N. The SMILES string of the molecule is CNC(Cc1ccc(C)c(C)c1)C1Cc2ccccc2C1. The average molecular weight is 279 g/mol. The lowest BCUT2D eigenvalue weighted by Gasteiger charge is -2.23. The topological polar surface area (TPSA) is 12.0 Å². The highest BCUT2D eigenvalue weighted by Crippen LogP contribution is 2.30. The molecule has 1 nitrogen and oxygen atoms in total. The molecule has 21 heavy (non-hydrogen) atoms. The fourth-order valence-corrected chi connectivity index (χ4v) is 3.57. The van der Waals surface area contributed by atoms with E-state index in [0.717, 1.165) is 6.42 Å². The Kier molecular flexibility index (Phi) is 4.12. The molecule has 0 spiro atoms. The van der Waals surface area contributed by atoms with Crippen LogP contribution in [0.15, 0.2) is 42.5 Å². The number of aryl methyl sites for hydroxylation is 2. The summed E-state index contributed by atoms with van der Waals surface area (Å²) in [5.41, 5.74) is 7.32. The number of hydrogen-bond donors (Lipinski definition) is 1. The molecule has 1 atom stereocenters. The molecule has 0 aliphatic heterocycles. The van der Waals surface area contributed by atoms with Crippen molar-refractivity contribution in [3.05, 3.63) is 70.3 Å². The van der Waals surface area contributed by atoms with E-state index in [1.54, 1.807) is 11.1 Å². The number of nitrogens with one attached hydrogen (secondary N) is 1. The zero-order valence-electron chi connectivity index (χ0n) is 13.3. The Bertz CT molecular complexity index is 604. The molecule has 0 bridgehead atoms. The first-order valence-electron chi connectivity index (χ1n) is 7.97. The second-order valence-electron chi connectivity index (χ2n) is 6.45. The lowest BCUT2D eigenvalue weighted by atomic mass is 9.90. The number of rotatable bonds is 4. The minimum atomic E-state index is 0.555. The van der Waals surface area contributed by atoms with Gasteiger partial charge >= 0.3 is 0 Å². The van der Waals surface area contributed by atoms with E-state index < -0.39 is 0 Å². The minimum Gasteiger partial charge on any atom is -0.316 e. The zero-order valence-corrected chi connectivity index (χ0v) is 13.3. The second kappa shape index (κ2) is 6.03.